The quantitative estimate of drug-likeness (QED) is 0.913. The van der Waals surface area contributed by atoms with Crippen molar-refractivity contribution in [3.63, 3.8) is 0 Å². The van der Waals surface area contributed by atoms with E-state index in [9.17, 15) is 4.79 Å². The van der Waals surface area contributed by atoms with Gasteiger partial charge in [0, 0.05) is 18.4 Å². The smallest absolute Gasteiger partial charge is 0.337 e. The topological polar surface area (TPSA) is 53.4 Å². The second-order valence-corrected chi connectivity index (χ2v) is 4.64. The molecule has 0 bridgehead atoms. The van der Waals surface area contributed by atoms with E-state index < -0.39 is 5.97 Å². The highest BCUT2D eigenvalue weighted by atomic mass is 16.4. The molecule has 4 heteroatoms. The van der Waals surface area contributed by atoms with Crippen LogP contribution in [0.2, 0.25) is 0 Å². The number of nitrogens with zero attached hydrogens (tertiary/aromatic N) is 2. The number of aromatic nitrogens is 1. The Morgan fingerprint density at radius 2 is 2.11 bits per heavy atom. The van der Waals surface area contributed by atoms with Crippen LogP contribution in [0.25, 0.3) is 0 Å². The van der Waals surface area contributed by atoms with Gasteiger partial charge in [-0.25, -0.2) is 4.79 Å². The van der Waals surface area contributed by atoms with Gasteiger partial charge < -0.3 is 10.0 Å². The molecule has 2 heterocycles. The second kappa shape index (κ2) is 4.72. The third-order valence-electron chi connectivity index (χ3n) is 3.41. The predicted octanol–water partition coefficient (Wildman–Crippen LogP) is 2.34. The van der Waals surface area contributed by atoms with Crippen LogP contribution in [-0.4, -0.2) is 22.6 Å². The molecule has 0 atom stereocenters. The van der Waals surface area contributed by atoms with Crippen molar-refractivity contribution in [3.8, 4) is 0 Å². The first-order chi connectivity index (χ1) is 9.24. The predicted molar refractivity (Wildman–Crippen MR) is 72.4 cm³/mol. The molecule has 0 spiro atoms. The molecule has 1 aliphatic heterocycles. The Labute approximate surface area is 111 Å². The van der Waals surface area contributed by atoms with E-state index in [1.807, 2.05) is 6.07 Å². The molecule has 19 heavy (non-hydrogen) atoms. The fourth-order valence-electron chi connectivity index (χ4n) is 2.41. The molecular weight excluding hydrogens is 240 g/mol. The third kappa shape index (κ3) is 2.29. The van der Waals surface area contributed by atoms with E-state index in [1.165, 1.54) is 17.4 Å². The van der Waals surface area contributed by atoms with E-state index in [2.05, 4.69) is 28.1 Å². The lowest BCUT2D eigenvalue weighted by Gasteiger charge is -2.18. The van der Waals surface area contributed by atoms with Crippen LogP contribution in [0.15, 0.2) is 42.6 Å². The number of para-hydroxylation sites is 1. The fraction of sp³-hybridized carbons (Fsp3) is 0.200. The number of carbonyl (C=O) groups is 1. The average molecular weight is 254 g/mol. The highest BCUT2D eigenvalue weighted by Crippen LogP contribution is 2.28. The Balaban J connectivity index is 1.78. The van der Waals surface area contributed by atoms with E-state index in [0.29, 0.717) is 0 Å². The Morgan fingerprint density at radius 3 is 2.84 bits per heavy atom. The van der Waals surface area contributed by atoms with Gasteiger partial charge in [-0.1, -0.05) is 18.2 Å². The summed E-state index contributed by atoms with van der Waals surface area (Å²) in [5.41, 5.74) is 3.74. The molecule has 2 aromatic rings. The van der Waals surface area contributed by atoms with Crippen LogP contribution in [0.4, 0.5) is 5.69 Å². The minimum Gasteiger partial charge on any atom is -0.478 e. The Kier molecular flexibility index (Phi) is 2.91. The monoisotopic (exact) mass is 254 g/mol. The zero-order valence-corrected chi connectivity index (χ0v) is 10.4. The zero-order chi connectivity index (χ0) is 13.2. The highest BCUT2D eigenvalue weighted by Gasteiger charge is 2.18. The van der Waals surface area contributed by atoms with Crippen LogP contribution in [0.3, 0.4) is 0 Å². The summed E-state index contributed by atoms with van der Waals surface area (Å²) in [6.45, 7) is 1.71. The van der Waals surface area contributed by atoms with Gasteiger partial charge in [0.05, 0.1) is 17.8 Å². The van der Waals surface area contributed by atoms with E-state index in [1.54, 1.807) is 12.1 Å². The van der Waals surface area contributed by atoms with E-state index in [-0.39, 0.29) is 5.56 Å². The van der Waals surface area contributed by atoms with Crippen molar-refractivity contribution in [1.82, 2.24) is 4.98 Å². The molecule has 0 saturated carbocycles. The summed E-state index contributed by atoms with van der Waals surface area (Å²) in [7, 11) is 0. The normalized spacial score (nSPS) is 13.4. The largest absolute Gasteiger partial charge is 0.478 e. The molecule has 0 radical (unpaired) electrons. The number of fused-ring (bicyclic) bond motifs is 1. The molecule has 0 fully saturated rings. The summed E-state index contributed by atoms with van der Waals surface area (Å²) in [5, 5.41) is 8.84. The van der Waals surface area contributed by atoms with Gasteiger partial charge >= 0.3 is 5.97 Å². The number of hydrogen-bond acceptors (Lipinski definition) is 3. The molecule has 1 aliphatic rings. The van der Waals surface area contributed by atoms with Crippen molar-refractivity contribution >= 4 is 11.7 Å². The van der Waals surface area contributed by atoms with E-state index in [0.717, 1.165) is 25.2 Å². The van der Waals surface area contributed by atoms with Gasteiger partial charge in [-0.05, 0) is 30.2 Å². The molecular formula is C15H14N2O2. The van der Waals surface area contributed by atoms with Crippen LogP contribution in [0.5, 0.6) is 0 Å². The van der Waals surface area contributed by atoms with Gasteiger partial charge in [0.1, 0.15) is 0 Å². The number of anilines is 1. The molecule has 96 valence electrons. The first-order valence-corrected chi connectivity index (χ1v) is 6.25. The van der Waals surface area contributed by atoms with Crippen LogP contribution >= 0.6 is 0 Å². The second-order valence-electron chi connectivity index (χ2n) is 4.64. The highest BCUT2D eigenvalue weighted by molar-refractivity contribution is 5.87. The maximum atomic E-state index is 10.8. The summed E-state index contributed by atoms with van der Waals surface area (Å²) in [5.74, 6) is -0.939. The Morgan fingerprint density at radius 1 is 1.26 bits per heavy atom. The lowest BCUT2D eigenvalue weighted by atomic mass is 10.2. The Hall–Kier alpha value is -2.36. The van der Waals surface area contributed by atoms with Crippen LogP contribution in [-0.2, 0) is 13.0 Å². The summed E-state index contributed by atoms with van der Waals surface area (Å²) in [6, 6.07) is 11.8. The molecule has 0 unspecified atom stereocenters. The van der Waals surface area contributed by atoms with E-state index >= 15 is 0 Å². The van der Waals surface area contributed by atoms with Crippen molar-refractivity contribution in [2.24, 2.45) is 0 Å². The van der Waals surface area contributed by atoms with Gasteiger partial charge in [-0.2, -0.15) is 0 Å². The summed E-state index contributed by atoms with van der Waals surface area (Å²) < 4.78 is 0. The standard InChI is InChI=1S/C15H14N2O2/c18-15(19)12-5-6-13(16-9-12)10-17-8-7-11-3-1-2-4-14(11)17/h1-6,9H,7-8,10H2,(H,18,19). The zero-order valence-electron chi connectivity index (χ0n) is 10.4. The van der Waals surface area contributed by atoms with Crippen molar-refractivity contribution in [2.75, 3.05) is 11.4 Å². The lowest BCUT2D eigenvalue weighted by Crippen LogP contribution is -2.20. The van der Waals surface area contributed by atoms with Crippen molar-refractivity contribution in [1.29, 1.82) is 0 Å². The van der Waals surface area contributed by atoms with Gasteiger partial charge in [-0.3, -0.25) is 4.98 Å². The Bertz CT molecular complexity index is 608. The number of carboxylic acid groups (broad SMARTS) is 1. The van der Waals surface area contributed by atoms with Crippen molar-refractivity contribution in [2.45, 2.75) is 13.0 Å². The minimum atomic E-state index is -0.939. The third-order valence-corrected chi connectivity index (χ3v) is 3.41. The van der Waals surface area contributed by atoms with Crippen molar-refractivity contribution < 1.29 is 9.90 Å². The van der Waals surface area contributed by atoms with Crippen molar-refractivity contribution in [3.05, 3.63) is 59.4 Å². The van der Waals surface area contributed by atoms with Gasteiger partial charge in [0.15, 0.2) is 0 Å². The first kappa shape index (κ1) is 11.7. The maximum Gasteiger partial charge on any atom is 0.337 e. The maximum absolute atomic E-state index is 10.8. The van der Waals surface area contributed by atoms with Crippen LogP contribution in [0, 0.1) is 0 Å². The van der Waals surface area contributed by atoms with Crippen LogP contribution in [0.1, 0.15) is 21.6 Å². The number of benzene rings is 1. The van der Waals surface area contributed by atoms with Crippen LogP contribution < -0.4 is 4.90 Å². The molecule has 0 saturated heterocycles. The van der Waals surface area contributed by atoms with E-state index in [4.69, 9.17) is 5.11 Å². The molecule has 4 nitrogen and oxygen atoms in total. The molecule has 1 aromatic carbocycles. The molecule has 0 aliphatic carbocycles. The van der Waals surface area contributed by atoms with Gasteiger partial charge in [0.2, 0.25) is 0 Å². The van der Waals surface area contributed by atoms with Gasteiger partial charge in [0.25, 0.3) is 0 Å². The number of hydrogen-bond donors (Lipinski definition) is 1. The number of rotatable bonds is 3. The summed E-state index contributed by atoms with van der Waals surface area (Å²) in [4.78, 5) is 17.3. The lowest BCUT2D eigenvalue weighted by molar-refractivity contribution is 0.0696. The molecule has 1 N–H and O–H groups in total. The average Bonchev–Trinajstić information content (AvgIpc) is 2.83. The fourth-order valence-corrected chi connectivity index (χ4v) is 2.41. The molecule has 3 rings (SSSR count). The number of aromatic carboxylic acids is 1. The SMILES string of the molecule is O=C(O)c1ccc(CN2CCc3ccccc32)nc1. The summed E-state index contributed by atoms with van der Waals surface area (Å²) in [6.07, 6.45) is 2.48. The molecule has 0 amide bonds. The van der Waals surface area contributed by atoms with Gasteiger partial charge in [-0.15, -0.1) is 0 Å². The molecule has 1 aromatic heterocycles. The first-order valence-electron chi connectivity index (χ1n) is 6.25. The minimum absolute atomic E-state index is 0.227. The number of pyridine rings is 1. The summed E-state index contributed by atoms with van der Waals surface area (Å²) >= 11 is 0. The number of carboxylic acids is 1.